The van der Waals surface area contributed by atoms with Crippen molar-refractivity contribution in [1.29, 1.82) is 0 Å². The van der Waals surface area contributed by atoms with Gasteiger partial charge in [-0.3, -0.25) is 4.90 Å². The Bertz CT molecular complexity index is 182. The normalized spacial score (nSPS) is 36.9. The topological polar surface area (TPSA) is 35.5 Å². The predicted molar refractivity (Wildman–Crippen MR) is 52.6 cm³/mol. The van der Waals surface area contributed by atoms with Crippen molar-refractivity contribution >= 4 is 0 Å². The summed E-state index contributed by atoms with van der Waals surface area (Å²) in [5.41, 5.74) is 0. The van der Waals surface area contributed by atoms with Crippen LogP contribution in [0.15, 0.2) is 0 Å². The number of aliphatic hydroxyl groups excluding tert-OH is 1. The van der Waals surface area contributed by atoms with Gasteiger partial charge in [-0.15, -0.1) is 0 Å². The average Bonchev–Trinajstić information content (AvgIpc) is 2.87. The van der Waals surface area contributed by atoms with Crippen molar-refractivity contribution in [2.45, 2.75) is 38.0 Å². The molecule has 13 heavy (non-hydrogen) atoms. The second-order valence-corrected chi connectivity index (χ2v) is 4.54. The molecule has 0 radical (unpaired) electrons. The molecular formula is C10H20N2O. The van der Waals surface area contributed by atoms with Crippen LogP contribution in [0.1, 0.15) is 19.8 Å². The van der Waals surface area contributed by atoms with E-state index in [9.17, 15) is 5.11 Å². The maximum atomic E-state index is 9.71. The summed E-state index contributed by atoms with van der Waals surface area (Å²) in [5, 5.41) is 12.9. The molecule has 2 rings (SSSR count). The van der Waals surface area contributed by atoms with E-state index in [4.69, 9.17) is 0 Å². The highest BCUT2D eigenvalue weighted by Crippen LogP contribution is 2.35. The van der Waals surface area contributed by atoms with Crippen molar-refractivity contribution in [2.75, 3.05) is 20.1 Å². The summed E-state index contributed by atoms with van der Waals surface area (Å²) in [4.78, 5) is 2.35. The van der Waals surface area contributed by atoms with E-state index in [1.165, 1.54) is 12.8 Å². The van der Waals surface area contributed by atoms with E-state index in [1.807, 2.05) is 0 Å². The van der Waals surface area contributed by atoms with Gasteiger partial charge in [0.05, 0.1) is 6.10 Å². The van der Waals surface area contributed by atoms with Crippen LogP contribution in [-0.2, 0) is 0 Å². The molecule has 0 spiro atoms. The molecule has 0 bridgehead atoms. The summed E-state index contributed by atoms with van der Waals surface area (Å²) in [7, 11) is 2.14. The van der Waals surface area contributed by atoms with E-state index < -0.39 is 0 Å². The maximum Gasteiger partial charge on any atom is 0.0831 e. The van der Waals surface area contributed by atoms with E-state index in [-0.39, 0.29) is 6.10 Å². The van der Waals surface area contributed by atoms with Crippen LogP contribution in [0.25, 0.3) is 0 Å². The number of hydrogen-bond acceptors (Lipinski definition) is 3. The molecule has 1 saturated carbocycles. The van der Waals surface area contributed by atoms with Gasteiger partial charge in [0.15, 0.2) is 0 Å². The van der Waals surface area contributed by atoms with Gasteiger partial charge in [0.2, 0.25) is 0 Å². The van der Waals surface area contributed by atoms with Gasteiger partial charge in [-0.2, -0.15) is 0 Å². The molecule has 1 aliphatic heterocycles. The number of nitrogens with zero attached hydrogens (tertiary/aromatic N) is 1. The van der Waals surface area contributed by atoms with Crippen LogP contribution in [0, 0.1) is 5.92 Å². The Kier molecular flexibility index (Phi) is 2.58. The Morgan fingerprint density at radius 2 is 2.08 bits per heavy atom. The van der Waals surface area contributed by atoms with Crippen molar-refractivity contribution in [3.05, 3.63) is 0 Å². The number of β-amino-alcohol motifs (C(OH)–C–C–N with tert-alkyl or cyclic N) is 1. The standard InChI is InChI=1S/C10H20N2O/c1-7(8-3-4-8)12(2)9-5-11-6-10(9)13/h7-11,13H,3-6H2,1-2H3. The van der Waals surface area contributed by atoms with E-state index in [0.29, 0.717) is 12.1 Å². The van der Waals surface area contributed by atoms with Gasteiger partial charge < -0.3 is 10.4 Å². The van der Waals surface area contributed by atoms with Gasteiger partial charge in [-0.25, -0.2) is 0 Å². The summed E-state index contributed by atoms with van der Waals surface area (Å²) < 4.78 is 0. The molecule has 3 unspecified atom stereocenters. The summed E-state index contributed by atoms with van der Waals surface area (Å²) in [6, 6.07) is 0.968. The minimum absolute atomic E-state index is 0.175. The molecule has 2 aliphatic rings. The first-order valence-electron chi connectivity index (χ1n) is 5.31. The van der Waals surface area contributed by atoms with Crippen LogP contribution >= 0.6 is 0 Å². The van der Waals surface area contributed by atoms with Crippen LogP contribution in [0.4, 0.5) is 0 Å². The van der Waals surface area contributed by atoms with Gasteiger partial charge in [0.25, 0.3) is 0 Å². The van der Waals surface area contributed by atoms with Crippen molar-refractivity contribution in [3.63, 3.8) is 0 Å². The Labute approximate surface area is 80.1 Å². The lowest BCUT2D eigenvalue weighted by atomic mass is 10.1. The maximum absolute atomic E-state index is 9.71. The van der Waals surface area contributed by atoms with Crippen LogP contribution in [0.3, 0.4) is 0 Å². The molecule has 76 valence electrons. The number of hydrogen-bond donors (Lipinski definition) is 2. The number of likely N-dealkylation sites (N-methyl/N-ethyl adjacent to an activating group) is 1. The Morgan fingerprint density at radius 3 is 2.54 bits per heavy atom. The first-order valence-corrected chi connectivity index (χ1v) is 5.31. The first kappa shape index (κ1) is 9.44. The molecule has 1 aliphatic carbocycles. The Hall–Kier alpha value is -0.120. The monoisotopic (exact) mass is 184 g/mol. The minimum Gasteiger partial charge on any atom is -0.390 e. The van der Waals surface area contributed by atoms with Crippen molar-refractivity contribution < 1.29 is 5.11 Å². The zero-order valence-corrected chi connectivity index (χ0v) is 8.53. The van der Waals surface area contributed by atoms with E-state index in [2.05, 4.69) is 24.2 Å². The molecule has 3 heteroatoms. The average molecular weight is 184 g/mol. The van der Waals surface area contributed by atoms with Gasteiger partial charge >= 0.3 is 0 Å². The van der Waals surface area contributed by atoms with E-state index in [0.717, 1.165) is 19.0 Å². The third-order valence-electron chi connectivity index (χ3n) is 3.62. The molecule has 0 aromatic heterocycles. The number of nitrogens with one attached hydrogen (secondary N) is 1. The van der Waals surface area contributed by atoms with Gasteiger partial charge in [-0.1, -0.05) is 0 Å². The second kappa shape index (κ2) is 3.56. The summed E-state index contributed by atoms with van der Waals surface area (Å²) >= 11 is 0. The van der Waals surface area contributed by atoms with Gasteiger partial charge in [0, 0.05) is 25.2 Å². The predicted octanol–water partition coefficient (Wildman–Crippen LogP) is 0.0494. The second-order valence-electron chi connectivity index (χ2n) is 4.54. The molecule has 1 heterocycles. The highest BCUT2D eigenvalue weighted by molar-refractivity contribution is 4.93. The highest BCUT2D eigenvalue weighted by Gasteiger charge is 2.36. The first-order chi connectivity index (χ1) is 6.20. The smallest absolute Gasteiger partial charge is 0.0831 e. The molecule has 0 amide bonds. The lowest BCUT2D eigenvalue weighted by Gasteiger charge is -2.32. The zero-order valence-electron chi connectivity index (χ0n) is 8.53. The van der Waals surface area contributed by atoms with Crippen molar-refractivity contribution in [3.8, 4) is 0 Å². The molecule has 3 atom stereocenters. The molecule has 1 saturated heterocycles. The molecule has 3 nitrogen and oxygen atoms in total. The van der Waals surface area contributed by atoms with E-state index >= 15 is 0 Å². The molecule has 2 fully saturated rings. The summed E-state index contributed by atoms with van der Waals surface area (Å²) in [6.45, 7) is 3.98. The van der Waals surface area contributed by atoms with Crippen LogP contribution in [0.2, 0.25) is 0 Å². The molecular weight excluding hydrogens is 164 g/mol. The third-order valence-corrected chi connectivity index (χ3v) is 3.62. The Balaban J connectivity index is 1.90. The number of aliphatic hydroxyl groups is 1. The zero-order chi connectivity index (χ0) is 9.42. The lowest BCUT2D eigenvalue weighted by molar-refractivity contribution is 0.0717. The lowest BCUT2D eigenvalue weighted by Crippen LogP contribution is -2.46. The van der Waals surface area contributed by atoms with Gasteiger partial charge in [0.1, 0.15) is 0 Å². The third kappa shape index (κ3) is 1.87. The Morgan fingerprint density at radius 1 is 1.38 bits per heavy atom. The van der Waals surface area contributed by atoms with Gasteiger partial charge in [-0.05, 0) is 32.7 Å². The van der Waals surface area contributed by atoms with Crippen molar-refractivity contribution in [1.82, 2.24) is 10.2 Å². The highest BCUT2D eigenvalue weighted by atomic mass is 16.3. The van der Waals surface area contributed by atoms with Crippen LogP contribution in [0.5, 0.6) is 0 Å². The minimum atomic E-state index is -0.175. The van der Waals surface area contributed by atoms with Crippen LogP contribution < -0.4 is 5.32 Å². The summed E-state index contributed by atoms with van der Waals surface area (Å²) in [5.74, 6) is 0.887. The molecule has 0 aromatic carbocycles. The summed E-state index contributed by atoms with van der Waals surface area (Å²) in [6.07, 6.45) is 2.58. The van der Waals surface area contributed by atoms with E-state index in [1.54, 1.807) is 0 Å². The largest absolute Gasteiger partial charge is 0.390 e. The fourth-order valence-corrected chi connectivity index (χ4v) is 2.28. The molecule has 2 N–H and O–H groups in total. The fourth-order valence-electron chi connectivity index (χ4n) is 2.28. The quantitative estimate of drug-likeness (QED) is 0.650. The van der Waals surface area contributed by atoms with Crippen LogP contribution in [-0.4, -0.2) is 48.3 Å². The number of rotatable bonds is 3. The molecule has 0 aromatic rings. The fraction of sp³-hybridized carbons (Fsp3) is 1.00. The SMILES string of the molecule is CC(C1CC1)N(C)C1CNCC1O. The van der Waals surface area contributed by atoms with Crippen molar-refractivity contribution in [2.24, 2.45) is 5.92 Å².